The van der Waals surface area contributed by atoms with Gasteiger partial charge in [0.05, 0.1) is 6.54 Å². The van der Waals surface area contributed by atoms with Crippen molar-refractivity contribution in [2.24, 2.45) is 11.8 Å². The van der Waals surface area contributed by atoms with Crippen LogP contribution in [0.1, 0.15) is 44.9 Å². The fourth-order valence-corrected chi connectivity index (χ4v) is 4.45. The number of fused-ring (bicyclic) bond motifs is 1. The molecule has 26 heavy (non-hydrogen) atoms. The highest BCUT2D eigenvalue weighted by atomic mass is 19.1. The highest BCUT2D eigenvalue weighted by Crippen LogP contribution is 2.43. The number of hydrogen-bond acceptors (Lipinski definition) is 4. The summed E-state index contributed by atoms with van der Waals surface area (Å²) in [7, 11) is 0. The number of rotatable bonds is 6. The van der Waals surface area contributed by atoms with Crippen molar-refractivity contribution in [3.8, 4) is 11.4 Å². The zero-order chi connectivity index (χ0) is 17.9. The van der Waals surface area contributed by atoms with Crippen molar-refractivity contribution in [1.29, 1.82) is 0 Å². The van der Waals surface area contributed by atoms with Gasteiger partial charge in [0.1, 0.15) is 5.82 Å². The number of nitrogens with one attached hydrogen (secondary N) is 1. The summed E-state index contributed by atoms with van der Waals surface area (Å²) in [6.45, 7) is 0.540. The lowest BCUT2D eigenvalue weighted by Gasteiger charge is -2.19. The van der Waals surface area contributed by atoms with Gasteiger partial charge in [0, 0.05) is 18.0 Å². The molecular formula is C19H24FN5O. The number of aromatic nitrogens is 4. The average molecular weight is 357 g/mol. The normalized spacial score (nSPS) is 24.6. The summed E-state index contributed by atoms with van der Waals surface area (Å²) in [6.07, 6.45) is 7.47. The Morgan fingerprint density at radius 2 is 2.04 bits per heavy atom. The Bertz CT molecular complexity index is 760. The quantitative estimate of drug-likeness (QED) is 0.863. The average Bonchev–Trinajstić information content (AvgIpc) is 3.34. The van der Waals surface area contributed by atoms with E-state index in [1.54, 1.807) is 12.1 Å². The van der Waals surface area contributed by atoms with Crippen LogP contribution in [0, 0.1) is 17.7 Å². The Hall–Kier alpha value is -2.31. The second-order valence-corrected chi connectivity index (χ2v) is 7.43. The molecule has 1 heterocycles. The van der Waals surface area contributed by atoms with Crippen molar-refractivity contribution in [3.05, 3.63) is 30.1 Å². The van der Waals surface area contributed by atoms with Gasteiger partial charge in [-0.05, 0) is 67.0 Å². The third kappa shape index (κ3) is 3.76. The van der Waals surface area contributed by atoms with Crippen molar-refractivity contribution < 1.29 is 9.18 Å². The van der Waals surface area contributed by atoms with Crippen molar-refractivity contribution in [2.75, 3.05) is 0 Å². The van der Waals surface area contributed by atoms with Crippen molar-refractivity contribution in [2.45, 2.75) is 57.5 Å². The SMILES string of the molecule is O=C(CCCn1nnc(-c2ccc(F)cc2)n1)N[C@H]1CC[C@@H]2CCC[C@@H]21. The van der Waals surface area contributed by atoms with Crippen LogP contribution in [0.5, 0.6) is 0 Å². The molecule has 4 rings (SSSR count). The molecule has 1 N–H and O–H groups in total. The van der Waals surface area contributed by atoms with Gasteiger partial charge in [0.15, 0.2) is 0 Å². The predicted octanol–water partition coefficient (Wildman–Crippen LogP) is 2.95. The van der Waals surface area contributed by atoms with E-state index < -0.39 is 0 Å². The Morgan fingerprint density at radius 1 is 1.19 bits per heavy atom. The predicted molar refractivity (Wildman–Crippen MR) is 94.4 cm³/mol. The van der Waals surface area contributed by atoms with Crippen LogP contribution < -0.4 is 5.32 Å². The van der Waals surface area contributed by atoms with Gasteiger partial charge >= 0.3 is 0 Å². The van der Waals surface area contributed by atoms with Gasteiger partial charge < -0.3 is 5.32 Å². The number of tetrazole rings is 1. The Labute approximate surface area is 152 Å². The number of amides is 1. The summed E-state index contributed by atoms with van der Waals surface area (Å²) < 4.78 is 13.0. The number of halogens is 1. The van der Waals surface area contributed by atoms with Crippen molar-refractivity contribution in [3.63, 3.8) is 0 Å². The molecule has 0 radical (unpaired) electrons. The van der Waals surface area contributed by atoms with Gasteiger partial charge in [0.2, 0.25) is 11.7 Å². The van der Waals surface area contributed by atoms with Gasteiger partial charge in [-0.1, -0.05) is 12.8 Å². The summed E-state index contributed by atoms with van der Waals surface area (Å²) in [4.78, 5) is 13.7. The lowest BCUT2D eigenvalue weighted by atomic mass is 9.97. The van der Waals surface area contributed by atoms with Crippen LogP contribution in [0.4, 0.5) is 4.39 Å². The molecule has 2 aliphatic carbocycles. The van der Waals surface area contributed by atoms with Crippen molar-refractivity contribution in [1.82, 2.24) is 25.5 Å². The Morgan fingerprint density at radius 3 is 2.88 bits per heavy atom. The summed E-state index contributed by atoms with van der Waals surface area (Å²) in [6, 6.07) is 6.38. The fraction of sp³-hybridized carbons (Fsp3) is 0.579. The first-order valence-electron chi connectivity index (χ1n) is 9.52. The zero-order valence-corrected chi connectivity index (χ0v) is 14.8. The van der Waals surface area contributed by atoms with E-state index in [1.807, 2.05) is 0 Å². The lowest BCUT2D eigenvalue weighted by Crippen LogP contribution is -2.37. The molecule has 2 aliphatic rings. The third-order valence-corrected chi connectivity index (χ3v) is 5.75. The maximum Gasteiger partial charge on any atom is 0.220 e. The topological polar surface area (TPSA) is 72.7 Å². The Balaban J connectivity index is 1.23. The monoisotopic (exact) mass is 357 g/mol. The van der Waals surface area contributed by atoms with Gasteiger partial charge in [0.25, 0.3) is 0 Å². The molecular weight excluding hydrogens is 333 g/mol. The number of benzene rings is 1. The molecule has 2 saturated carbocycles. The van der Waals surface area contributed by atoms with Gasteiger partial charge in [-0.2, -0.15) is 4.80 Å². The number of aryl methyl sites for hydroxylation is 1. The van der Waals surface area contributed by atoms with E-state index in [0.29, 0.717) is 37.2 Å². The van der Waals surface area contributed by atoms with Crippen LogP contribution in [0.15, 0.2) is 24.3 Å². The zero-order valence-electron chi connectivity index (χ0n) is 14.8. The highest BCUT2D eigenvalue weighted by Gasteiger charge is 2.39. The molecule has 1 amide bonds. The summed E-state index contributed by atoms with van der Waals surface area (Å²) >= 11 is 0. The number of carbonyl (C=O) groups excluding carboxylic acids is 1. The minimum absolute atomic E-state index is 0.126. The van der Waals surface area contributed by atoms with Crippen molar-refractivity contribution >= 4 is 5.91 Å². The third-order valence-electron chi connectivity index (χ3n) is 5.75. The van der Waals surface area contributed by atoms with Gasteiger partial charge in [-0.25, -0.2) is 4.39 Å². The maximum atomic E-state index is 13.0. The van der Waals surface area contributed by atoms with E-state index in [9.17, 15) is 9.18 Å². The summed E-state index contributed by atoms with van der Waals surface area (Å²) in [5.74, 6) is 1.84. The fourth-order valence-electron chi connectivity index (χ4n) is 4.45. The first-order chi connectivity index (χ1) is 12.7. The molecule has 7 heteroatoms. The molecule has 0 aliphatic heterocycles. The number of nitrogens with zero attached hydrogens (tertiary/aromatic N) is 4. The molecule has 0 unspecified atom stereocenters. The molecule has 2 fully saturated rings. The van der Waals surface area contributed by atoms with Crippen LogP contribution in [0.3, 0.4) is 0 Å². The standard InChI is InChI=1S/C19H24FN5O/c20-15-9-6-14(7-10-15)19-22-24-25(23-19)12-2-5-18(26)21-17-11-8-13-3-1-4-16(13)17/h6-7,9-10,13,16-17H,1-5,8,11-12H2,(H,21,26)/t13-,16-,17-/m0/s1. The van der Waals surface area contributed by atoms with E-state index in [0.717, 1.165) is 17.9 Å². The first kappa shape index (κ1) is 17.1. The van der Waals surface area contributed by atoms with Crippen LogP contribution >= 0.6 is 0 Å². The molecule has 1 aromatic carbocycles. The second-order valence-electron chi connectivity index (χ2n) is 7.43. The highest BCUT2D eigenvalue weighted by molar-refractivity contribution is 5.76. The molecule has 2 aromatic rings. The van der Waals surface area contributed by atoms with Gasteiger partial charge in [-0.3, -0.25) is 4.79 Å². The molecule has 0 bridgehead atoms. The first-order valence-corrected chi connectivity index (χ1v) is 9.52. The smallest absolute Gasteiger partial charge is 0.220 e. The van der Waals surface area contributed by atoms with E-state index in [2.05, 4.69) is 20.7 Å². The summed E-state index contributed by atoms with van der Waals surface area (Å²) in [5.41, 5.74) is 0.725. The molecule has 6 nitrogen and oxygen atoms in total. The van der Waals surface area contributed by atoms with Gasteiger partial charge in [-0.15, -0.1) is 10.2 Å². The van der Waals surface area contributed by atoms with E-state index in [1.165, 1.54) is 42.6 Å². The largest absolute Gasteiger partial charge is 0.353 e. The molecule has 1 aromatic heterocycles. The Kier molecular flexibility index (Phi) is 4.95. The maximum absolute atomic E-state index is 13.0. The second kappa shape index (κ2) is 7.51. The van der Waals surface area contributed by atoms with Crippen LogP contribution in [-0.4, -0.2) is 32.2 Å². The molecule has 138 valence electrons. The number of carbonyl (C=O) groups is 1. The molecule has 0 saturated heterocycles. The summed E-state index contributed by atoms with van der Waals surface area (Å²) in [5, 5.41) is 15.5. The lowest BCUT2D eigenvalue weighted by molar-refractivity contribution is -0.122. The van der Waals surface area contributed by atoms with E-state index in [-0.39, 0.29) is 11.7 Å². The molecule has 0 spiro atoms. The molecule has 3 atom stereocenters. The minimum atomic E-state index is -0.293. The van der Waals surface area contributed by atoms with Crippen LogP contribution in [0.25, 0.3) is 11.4 Å². The van der Waals surface area contributed by atoms with Crippen LogP contribution in [0.2, 0.25) is 0 Å². The number of hydrogen-bond donors (Lipinski definition) is 1. The van der Waals surface area contributed by atoms with E-state index in [4.69, 9.17) is 0 Å². The van der Waals surface area contributed by atoms with Crippen LogP contribution in [-0.2, 0) is 11.3 Å². The minimum Gasteiger partial charge on any atom is -0.353 e. The van der Waals surface area contributed by atoms with E-state index >= 15 is 0 Å².